The second-order valence-electron chi connectivity index (χ2n) is 8.86. The van der Waals surface area contributed by atoms with Crippen molar-refractivity contribution < 1.29 is 14.7 Å². The third-order valence-corrected chi connectivity index (χ3v) is 7.53. The monoisotopic (exact) mass is 520 g/mol. The first-order valence-corrected chi connectivity index (χ1v) is 13.2. The molecule has 3 heterocycles. The Morgan fingerprint density at radius 2 is 1.92 bits per heavy atom. The number of aliphatic carboxylic acids is 1. The highest BCUT2D eigenvalue weighted by Crippen LogP contribution is 2.34. The van der Waals surface area contributed by atoms with E-state index < -0.39 is 5.97 Å². The average molecular weight is 521 g/mol. The maximum absolute atomic E-state index is 13.5. The van der Waals surface area contributed by atoms with Crippen LogP contribution in [0.1, 0.15) is 59.2 Å². The van der Waals surface area contributed by atoms with E-state index in [4.69, 9.17) is 26.7 Å². The standard InChI is InChI=1S/C27H25ClN4O3S/c28-19-10-7-17(8-11-19)25-21(4-1-2-6-24(33)34)30-22-16-18(9-12-20(22)31-25)27(35)32-14-3-5-23(32)26-29-13-15-36-26/h7-13,15-16,23H,1-6,14H2,(H,33,34). The SMILES string of the molecule is O=C(O)CCCCc1nc2cc(C(=O)N3CCCC3c3nccs3)ccc2nc1-c1ccc(Cl)cc1. The molecular formula is C27H25ClN4O3S. The first-order valence-electron chi connectivity index (χ1n) is 12.0. The summed E-state index contributed by atoms with van der Waals surface area (Å²) < 4.78 is 0. The van der Waals surface area contributed by atoms with Gasteiger partial charge in [-0.15, -0.1) is 11.3 Å². The summed E-state index contributed by atoms with van der Waals surface area (Å²) in [6.45, 7) is 0.705. The third kappa shape index (κ3) is 5.24. The lowest BCUT2D eigenvalue weighted by molar-refractivity contribution is -0.137. The Kier molecular flexibility index (Phi) is 7.25. The lowest BCUT2D eigenvalue weighted by Crippen LogP contribution is -2.30. The minimum atomic E-state index is -0.807. The summed E-state index contributed by atoms with van der Waals surface area (Å²) in [6, 6.07) is 12.9. The van der Waals surface area contributed by atoms with Crippen molar-refractivity contribution in [3.8, 4) is 11.3 Å². The van der Waals surface area contributed by atoms with Crippen LogP contribution in [0.2, 0.25) is 5.02 Å². The number of fused-ring (bicyclic) bond motifs is 1. The van der Waals surface area contributed by atoms with Crippen molar-refractivity contribution in [1.82, 2.24) is 19.9 Å². The normalized spacial score (nSPS) is 15.5. The summed E-state index contributed by atoms with van der Waals surface area (Å²) in [7, 11) is 0. The van der Waals surface area contributed by atoms with Gasteiger partial charge in [-0.25, -0.2) is 15.0 Å². The molecule has 1 fully saturated rings. The molecule has 5 rings (SSSR count). The van der Waals surface area contributed by atoms with Crippen molar-refractivity contribution in [3.05, 3.63) is 75.3 Å². The van der Waals surface area contributed by atoms with Gasteiger partial charge in [-0.1, -0.05) is 23.7 Å². The van der Waals surface area contributed by atoms with E-state index >= 15 is 0 Å². The smallest absolute Gasteiger partial charge is 0.303 e. The molecule has 36 heavy (non-hydrogen) atoms. The molecule has 0 bridgehead atoms. The Morgan fingerprint density at radius 1 is 1.08 bits per heavy atom. The molecule has 2 aromatic heterocycles. The van der Waals surface area contributed by atoms with E-state index in [0.29, 0.717) is 47.4 Å². The molecule has 4 aromatic rings. The summed E-state index contributed by atoms with van der Waals surface area (Å²) in [5.74, 6) is -0.833. The molecule has 0 spiro atoms. The highest BCUT2D eigenvalue weighted by Gasteiger charge is 2.32. The van der Waals surface area contributed by atoms with Gasteiger partial charge in [0, 0.05) is 40.7 Å². The van der Waals surface area contributed by atoms with E-state index in [1.165, 1.54) is 0 Å². The fraction of sp³-hybridized carbons (Fsp3) is 0.296. The number of hydrogen-bond donors (Lipinski definition) is 1. The Balaban J connectivity index is 1.47. The molecule has 1 N–H and O–H groups in total. The Bertz CT molecular complexity index is 1390. The highest BCUT2D eigenvalue weighted by molar-refractivity contribution is 7.09. The molecular weight excluding hydrogens is 496 g/mol. The molecule has 1 saturated heterocycles. The van der Waals surface area contributed by atoms with Gasteiger partial charge in [0.25, 0.3) is 5.91 Å². The van der Waals surface area contributed by atoms with E-state index in [1.54, 1.807) is 17.5 Å². The lowest BCUT2D eigenvalue weighted by Gasteiger charge is -2.23. The summed E-state index contributed by atoms with van der Waals surface area (Å²) in [4.78, 5) is 40.5. The van der Waals surface area contributed by atoms with E-state index in [9.17, 15) is 9.59 Å². The minimum absolute atomic E-state index is 0.0105. The summed E-state index contributed by atoms with van der Waals surface area (Å²) in [6.07, 6.45) is 5.58. The maximum Gasteiger partial charge on any atom is 0.303 e. The first kappa shape index (κ1) is 24.3. The zero-order valence-corrected chi connectivity index (χ0v) is 21.1. The third-order valence-electron chi connectivity index (χ3n) is 6.41. The van der Waals surface area contributed by atoms with Crippen LogP contribution in [-0.4, -0.2) is 43.4 Å². The zero-order chi connectivity index (χ0) is 25.1. The van der Waals surface area contributed by atoms with Gasteiger partial charge in [-0.05, 0) is 62.4 Å². The summed E-state index contributed by atoms with van der Waals surface area (Å²) in [5, 5.41) is 12.5. The van der Waals surface area contributed by atoms with Crippen LogP contribution < -0.4 is 0 Å². The van der Waals surface area contributed by atoms with Gasteiger partial charge < -0.3 is 10.0 Å². The van der Waals surface area contributed by atoms with Crippen molar-refractivity contribution in [1.29, 1.82) is 0 Å². The lowest BCUT2D eigenvalue weighted by atomic mass is 10.0. The number of amides is 1. The van der Waals surface area contributed by atoms with E-state index in [1.807, 2.05) is 52.7 Å². The Morgan fingerprint density at radius 3 is 2.67 bits per heavy atom. The highest BCUT2D eigenvalue weighted by atomic mass is 35.5. The van der Waals surface area contributed by atoms with Gasteiger partial charge in [0.1, 0.15) is 5.01 Å². The van der Waals surface area contributed by atoms with Gasteiger partial charge >= 0.3 is 5.97 Å². The van der Waals surface area contributed by atoms with Gasteiger partial charge in [-0.3, -0.25) is 9.59 Å². The number of carboxylic acids is 1. The molecule has 2 aromatic carbocycles. The van der Waals surface area contributed by atoms with Crippen LogP contribution in [0.5, 0.6) is 0 Å². The number of unbranched alkanes of at least 4 members (excludes halogenated alkanes) is 1. The van der Waals surface area contributed by atoms with Crippen LogP contribution in [0.3, 0.4) is 0 Å². The number of carbonyl (C=O) groups is 2. The number of aromatic nitrogens is 3. The van der Waals surface area contributed by atoms with Gasteiger partial charge in [0.05, 0.1) is 28.5 Å². The van der Waals surface area contributed by atoms with Crippen molar-refractivity contribution >= 4 is 45.8 Å². The van der Waals surface area contributed by atoms with Gasteiger partial charge in [0.2, 0.25) is 0 Å². The predicted molar refractivity (Wildman–Crippen MR) is 140 cm³/mol. The zero-order valence-electron chi connectivity index (χ0n) is 19.6. The number of aryl methyl sites for hydroxylation is 1. The van der Waals surface area contributed by atoms with Gasteiger partial charge in [0.15, 0.2) is 0 Å². The molecule has 0 radical (unpaired) electrons. The topological polar surface area (TPSA) is 96.3 Å². The van der Waals surface area contributed by atoms with Crippen molar-refractivity contribution in [2.45, 2.75) is 44.6 Å². The summed E-state index contributed by atoms with van der Waals surface area (Å²) >= 11 is 7.66. The predicted octanol–water partition coefficient (Wildman–Crippen LogP) is 6.18. The number of thiazole rings is 1. The number of carbonyl (C=O) groups excluding carboxylic acids is 1. The van der Waals surface area contributed by atoms with Crippen molar-refractivity contribution in [2.24, 2.45) is 0 Å². The molecule has 1 aliphatic heterocycles. The number of likely N-dealkylation sites (tertiary alicyclic amines) is 1. The molecule has 1 aliphatic rings. The first-order chi connectivity index (χ1) is 17.5. The largest absolute Gasteiger partial charge is 0.481 e. The second-order valence-corrected chi connectivity index (χ2v) is 10.2. The number of benzene rings is 2. The average Bonchev–Trinajstić information content (AvgIpc) is 3.58. The molecule has 7 nitrogen and oxygen atoms in total. The number of halogens is 1. The Hall–Kier alpha value is -3.36. The quantitative estimate of drug-likeness (QED) is 0.279. The number of nitrogens with zero attached hydrogens (tertiary/aromatic N) is 4. The van der Waals surface area contributed by atoms with E-state index in [2.05, 4.69) is 4.98 Å². The van der Waals surface area contributed by atoms with Crippen molar-refractivity contribution in [2.75, 3.05) is 6.54 Å². The van der Waals surface area contributed by atoms with Crippen LogP contribution >= 0.6 is 22.9 Å². The fourth-order valence-corrected chi connectivity index (χ4v) is 5.55. The van der Waals surface area contributed by atoms with Crippen LogP contribution in [0.4, 0.5) is 0 Å². The maximum atomic E-state index is 13.5. The Labute approximate surface area is 217 Å². The van der Waals surface area contributed by atoms with Crippen LogP contribution in [0.15, 0.2) is 54.0 Å². The molecule has 184 valence electrons. The van der Waals surface area contributed by atoms with Crippen molar-refractivity contribution in [3.63, 3.8) is 0 Å². The molecule has 1 amide bonds. The van der Waals surface area contributed by atoms with Crippen LogP contribution in [-0.2, 0) is 11.2 Å². The molecule has 1 unspecified atom stereocenters. The van der Waals surface area contributed by atoms with E-state index in [0.717, 1.165) is 34.8 Å². The molecule has 0 aliphatic carbocycles. The van der Waals surface area contributed by atoms with E-state index in [-0.39, 0.29) is 18.4 Å². The fourth-order valence-electron chi connectivity index (χ4n) is 4.64. The minimum Gasteiger partial charge on any atom is -0.481 e. The summed E-state index contributed by atoms with van der Waals surface area (Å²) in [5.41, 5.74) is 4.35. The van der Waals surface area contributed by atoms with Gasteiger partial charge in [-0.2, -0.15) is 0 Å². The molecule has 1 atom stereocenters. The number of carboxylic acid groups (broad SMARTS) is 1. The number of hydrogen-bond acceptors (Lipinski definition) is 6. The van der Waals surface area contributed by atoms with Crippen LogP contribution in [0.25, 0.3) is 22.3 Å². The van der Waals surface area contributed by atoms with Crippen LogP contribution in [0, 0.1) is 0 Å². The molecule has 0 saturated carbocycles. The number of rotatable bonds is 8. The molecule has 9 heteroatoms. The second kappa shape index (κ2) is 10.7.